The van der Waals surface area contributed by atoms with E-state index in [9.17, 15) is 23.1 Å². The Morgan fingerprint density at radius 2 is 1.97 bits per heavy atom. The Balaban J connectivity index is 1.85. The van der Waals surface area contributed by atoms with Crippen LogP contribution in [0, 0.1) is 0 Å². The number of rotatable bonds is 8. The second kappa shape index (κ2) is 9.86. The lowest BCUT2D eigenvalue weighted by Gasteiger charge is -2.15. The third-order valence-electron chi connectivity index (χ3n) is 5.03. The molecule has 0 radical (unpaired) electrons. The van der Waals surface area contributed by atoms with E-state index >= 15 is 0 Å². The number of pyridine rings is 1. The van der Waals surface area contributed by atoms with E-state index < -0.39 is 11.7 Å². The molecule has 3 aromatic rings. The first-order valence-corrected chi connectivity index (χ1v) is 10.1. The Kier molecular flexibility index (Phi) is 7.19. The molecule has 1 amide bonds. The SMILES string of the molecule is CC[C@H](CO)NC(=O)c1ccc2c(OC)cc(NCc3cccc(C(F)(F)F)c3)nc2c1. The van der Waals surface area contributed by atoms with E-state index in [1.54, 1.807) is 30.3 Å². The first-order valence-electron chi connectivity index (χ1n) is 10.1. The van der Waals surface area contributed by atoms with Crippen molar-refractivity contribution in [3.8, 4) is 5.75 Å². The van der Waals surface area contributed by atoms with Crippen LogP contribution in [-0.4, -0.2) is 35.8 Å². The average molecular weight is 447 g/mol. The maximum absolute atomic E-state index is 12.9. The monoisotopic (exact) mass is 447 g/mol. The van der Waals surface area contributed by atoms with Gasteiger partial charge in [-0.15, -0.1) is 0 Å². The van der Waals surface area contributed by atoms with Gasteiger partial charge < -0.3 is 20.5 Å². The molecule has 1 aromatic heterocycles. The van der Waals surface area contributed by atoms with Crippen LogP contribution in [0.25, 0.3) is 10.9 Å². The highest BCUT2D eigenvalue weighted by molar-refractivity contribution is 5.99. The second-order valence-corrected chi connectivity index (χ2v) is 7.25. The van der Waals surface area contributed by atoms with Crippen LogP contribution < -0.4 is 15.4 Å². The lowest BCUT2D eigenvalue weighted by Crippen LogP contribution is -2.36. The molecule has 0 aliphatic rings. The average Bonchev–Trinajstić information content (AvgIpc) is 2.79. The number of aliphatic hydroxyl groups is 1. The van der Waals surface area contributed by atoms with Crippen molar-refractivity contribution in [1.82, 2.24) is 10.3 Å². The first kappa shape index (κ1) is 23.3. The zero-order valence-electron chi connectivity index (χ0n) is 17.7. The van der Waals surface area contributed by atoms with Gasteiger partial charge in [-0.3, -0.25) is 4.79 Å². The number of benzene rings is 2. The highest BCUT2D eigenvalue weighted by Gasteiger charge is 2.30. The van der Waals surface area contributed by atoms with Crippen molar-refractivity contribution in [2.45, 2.75) is 32.1 Å². The summed E-state index contributed by atoms with van der Waals surface area (Å²) >= 11 is 0. The molecule has 2 aromatic carbocycles. The van der Waals surface area contributed by atoms with Crippen molar-refractivity contribution in [2.24, 2.45) is 0 Å². The molecule has 0 fully saturated rings. The van der Waals surface area contributed by atoms with Crippen LogP contribution in [-0.2, 0) is 12.7 Å². The third kappa shape index (κ3) is 5.47. The van der Waals surface area contributed by atoms with Crippen molar-refractivity contribution in [1.29, 1.82) is 0 Å². The number of halogens is 3. The molecule has 0 aliphatic carbocycles. The highest BCUT2D eigenvalue weighted by Crippen LogP contribution is 2.31. The van der Waals surface area contributed by atoms with E-state index in [1.165, 1.54) is 13.2 Å². The fraction of sp³-hybridized carbons (Fsp3) is 0.304. The molecule has 1 heterocycles. The number of methoxy groups -OCH3 is 1. The summed E-state index contributed by atoms with van der Waals surface area (Å²) in [7, 11) is 1.50. The maximum Gasteiger partial charge on any atom is 0.416 e. The molecule has 0 saturated carbocycles. The smallest absolute Gasteiger partial charge is 0.416 e. The predicted molar refractivity (Wildman–Crippen MR) is 116 cm³/mol. The van der Waals surface area contributed by atoms with Gasteiger partial charge in [0.2, 0.25) is 0 Å². The number of ether oxygens (including phenoxy) is 1. The zero-order chi connectivity index (χ0) is 23.3. The van der Waals surface area contributed by atoms with Crippen LogP contribution in [0.3, 0.4) is 0 Å². The number of nitrogens with one attached hydrogen (secondary N) is 2. The summed E-state index contributed by atoms with van der Waals surface area (Å²) in [4.78, 5) is 17.0. The van der Waals surface area contributed by atoms with Crippen molar-refractivity contribution < 1.29 is 27.8 Å². The molecular formula is C23H24F3N3O3. The van der Waals surface area contributed by atoms with Crippen molar-refractivity contribution in [3.63, 3.8) is 0 Å². The predicted octanol–water partition coefficient (Wildman–Crippen LogP) is 4.38. The number of anilines is 1. The van der Waals surface area contributed by atoms with Gasteiger partial charge >= 0.3 is 6.18 Å². The van der Waals surface area contributed by atoms with E-state index in [4.69, 9.17) is 4.74 Å². The van der Waals surface area contributed by atoms with Gasteiger partial charge in [0, 0.05) is 23.6 Å². The fourth-order valence-electron chi connectivity index (χ4n) is 3.19. The van der Waals surface area contributed by atoms with Gasteiger partial charge in [0.15, 0.2) is 0 Å². The van der Waals surface area contributed by atoms with Gasteiger partial charge in [-0.2, -0.15) is 13.2 Å². The summed E-state index contributed by atoms with van der Waals surface area (Å²) in [6.45, 7) is 1.82. The van der Waals surface area contributed by atoms with Crippen molar-refractivity contribution in [2.75, 3.05) is 19.0 Å². The Hall–Kier alpha value is -3.33. The number of aromatic nitrogens is 1. The van der Waals surface area contributed by atoms with E-state index in [-0.39, 0.29) is 25.1 Å². The summed E-state index contributed by atoms with van der Waals surface area (Å²) < 4.78 is 44.2. The molecule has 9 heteroatoms. The van der Waals surface area contributed by atoms with Crippen LogP contribution in [0.4, 0.5) is 19.0 Å². The van der Waals surface area contributed by atoms with Gasteiger partial charge in [-0.05, 0) is 42.3 Å². The third-order valence-corrected chi connectivity index (χ3v) is 5.03. The summed E-state index contributed by atoms with van der Waals surface area (Å²) in [5.74, 6) is 0.567. The molecule has 32 heavy (non-hydrogen) atoms. The molecule has 3 rings (SSSR count). The topological polar surface area (TPSA) is 83.5 Å². The van der Waals surface area contributed by atoms with E-state index in [2.05, 4.69) is 15.6 Å². The zero-order valence-corrected chi connectivity index (χ0v) is 17.7. The standard InChI is InChI=1S/C23H24F3N3O3/c1-3-17(13-30)28-22(31)15-7-8-18-19(10-15)29-21(11-20(18)32-2)27-12-14-5-4-6-16(9-14)23(24,25)26/h4-11,17,30H,3,12-13H2,1-2H3,(H,27,29)(H,28,31)/t17-/m1/s1. The Morgan fingerprint density at radius 3 is 2.62 bits per heavy atom. The Labute approximate surface area is 183 Å². The van der Waals surface area contributed by atoms with Crippen molar-refractivity contribution in [3.05, 3.63) is 65.2 Å². The molecule has 0 aliphatic heterocycles. The summed E-state index contributed by atoms with van der Waals surface area (Å²) in [6.07, 6.45) is -3.82. The number of hydrogen-bond donors (Lipinski definition) is 3. The van der Waals surface area contributed by atoms with E-state index in [0.29, 0.717) is 40.0 Å². The Morgan fingerprint density at radius 1 is 1.19 bits per heavy atom. The van der Waals surface area contributed by atoms with Crippen molar-refractivity contribution >= 4 is 22.6 Å². The highest BCUT2D eigenvalue weighted by atomic mass is 19.4. The number of carbonyl (C=O) groups excluding carboxylic acids is 1. The number of alkyl halides is 3. The van der Waals surface area contributed by atoms with Crippen LogP contribution in [0.15, 0.2) is 48.5 Å². The molecule has 0 saturated heterocycles. The first-order chi connectivity index (χ1) is 15.2. The second-order valence-electron chi connectivity index (χ2n) is 7.25. The molecule has 0 bridgehead atoms. The number of aliphatic hydroxyl groups excluding tert-OH is 1. The summed E-state index contributed by atoms with van der Waals surface area (Å²) in [5, 5.41) is 15.7. The van der Waals surface area contributed by atoms with Crippen LogP contribution in [0.5, 0.6) is 5.75 Å². The van der Waals surface area contributed by atoms with E-state index in [0.717, 1.165) is 12.1 Å². The molecule has 0 spiro atoms. The summed E-state index contributed by atoms with van der Waals surface area (Å²) in [5.41, 5.74) is 0.586. The minimum absolute atomic E-state index is 0.125. The van der Waals surface area contributed by atoms with Gasteiger partial charge in [-0.1, -0.05) is 19.1 Å². The molecule has 3 N–H and O–H groups in total. The van der Waals surface area contributed by atoms with Crippen LogP contribution in [0.1, 0.15) is 34.8 Å². The molecular weight excluding hydrogens is 423 g/mol. The normalized spacial score (nSPS) is 12.4. The molecule has 170 valence electrons. The lowest BCUT2D eigenvalue weighted by atomic mass is 10.1. The van der Waals surface area contributed by atoms with Gasteiger partial charge in [0.05, 0.1) is 30.8 Å². The number of hydrogen-bond acceptors (Lipinski definition) is 5. The van der Waals surface area contributed by atoms with Crippen LogP contribution >= 0.6 is 0 Å². The number of nitrogens with zero attached hydrogens (tertiary/aromatic N) is 1. The quantitative estimate of drug-likeness (QED) is 0.478. The molecule has 0 unspecified atom stereocenters. The molecule has 6 nitrogen and oxygen atoms in total. The Bertz CT molecular complexity index is 1100. The van der Waals surface area contributed by atoms with Crippen LogP contribution in [0.2, 0.25) is 0 Å². The van der Waals surface area contributed by atoms with Gasteiger partial charge in [0.25, 0.3) is 5.91 Å². The molecule has 1 atom stereocenters. The minimum atomic E-state index is -4.41. The van der Waals surface area contributed by atoms with E-state index in [1.807, 2.05) is 6.92 Å². The fourth-order valence-corrected chi connectivity index (χ4v) is 3.19. The minimum Gasteiger partial charge on any atom is -0.496 e. The maximum atomic E-state index is 12.9. The number of carbonyl (C=O) groups is 1. The lowest BCUT2D eigenvalue weighted by molar-refractivity contribution is -0.137. The number of amides is 1. The summed E-state index contributed by atoms with van der Waals surface area (Å²) in [6, 6.07) is 11.3. The van der Waals surface area contributed by atoms with Gasteiger partial charge in [-0.25, -0.2) is 4.98 Å². The van der Waals surface area contributed by atoms with Gasteiger partial charge in [0.1, 0.15) is 11.6 Å². The largest absolute Gasteiger partial charge is 0.496 e. The number of fused-ring (bicyclic) bond motifs is 1.